The van der Waals surface area contributed by atoms with E-state index in [1.165, 1.54) is 6.07 Å². The minimum atomic E-state index is -0.422. The molecule has 0 radical (unpaired) electrons. The Hall–Kier alpha value is -2.86. The predicted octanol–water partition coefficient (Wildman–Crippen LogP) is 3.12. The minimum absolute atomic E-state index is 0.0862. The summed E-state index contributed by atoms with van der Waals surface area (Å²) in [6.45, 7) is 5.08. The molecule has 0 aliphatic carbocycles. The van der Waals surface area contributed by atoms with Crippen molar-refractivity contribution in [2.45, 2.75) is 20.4 Å². The van der Waals surface area contributed by atoms with E-state index < -0.39 is 5.63 Å². The van der Waals surface area contributed by atoms with Gasteiger partial charge in [0.15, 0.2) is 6.61 Å². The molecule has 0 N–H and O–H groups in total. The van der Waals surface area contributed by atoms with Gasteiger partial charge in [-0.25, -0.2) is 4.79 Å². The second kappa shape index (κ2) is 7.58. The lowest BCUT2D eigenvalue weighted by Crippen LogP contribution is -2.13. The van der Waals surface area contributed by atoms with E-state index in [2.05, 4.69) is 4.57 Å². The maximum absolute atomic E-state index is 12.6. The van der Waals surface area contributed by atoms with Crippen LogP contribution in [0.4, 0.5) is 0 Å². The Morgan fingerprint density at radius 1 is 1.15 bits per heavy atom. The summed E-state index contributed by atoms with van der Waals surface area (Å²) in [5.41, 5.74) is 2.56. The Kier molecular flexibility index (Phi) is 5.23. The number of Topliss-reactive ketones (excluding diaryl/α,β-unsaturated/α-hetero) is 1. The topological polar surface area (TPSA) is 70.7 Å². The third kappa shape index (κ3) is 3.70. The number of ketones is 1. The summed E-state index contributed by atoms with van der Waals surface area (Å²) in [5, 5.41) is 0.796. The number of carbonyl (C=O) groups excluding carboxylic acids is 1. The van der Waals surface area contributed by atoms with Gasteiger partial charge in [-0.1, -0.05) is 0 Å². The smallest absolute Gasteiger partial charge is 0.336 e. The SMILES string of the molecule is COCCn1c(C)cc(C(=O)COc2ccc3ccc(=O)oc3c2)c1C. The van der Waals surface area contributed by atoms with Crippen LogP contribution < -0.4 is 10.4 Å². The third-order valence-corrected chi connectivity index (χ3v) is 4.36. The molecule has 0 aliphatic heterocycles. The Morgan fingerprint density at radius 3 is 2.69 bits per heavy atom. The lowest BCUT2D eigenvalue weighted by Gasteiger charge is -2.09. The van der Waals surface area contributed by atoms with Crippen LogP contribution in [0, 0.1) is 13.8 Å². The van der Waals surface area contributed by atoms with Crippen molar-refractivity contribution in [1.29, 1.82) is 0 Å². The van der Waals surface area contributed by atoms with Gasteiger partial charge in [-0.05, 0) is 38.1 Å². The van der Waals surface area contributed by atoms with Crippen LogP contribution in [0.3, 0.4) is 0 Å². The number of hydrogen-bond donors (Lipinski definition) is 0. The second-order valence-electron chi connectivity index (χ2n) is 6.10. The van der Waals surface area contributed by atoms with Gasteiger partial charge in [-0.15, -0.1) is 0 Å². The molecule has 0 fully saturated rings. The third-order valence-electron chi connectivity index (χ3n) is 4.36. The van der Waals surface area contributed by atoms with Gasteiger partial charge in [0.05, 0.1) is 6.61 Å². The second-order valence-corrected chi connectivity index (χ2v) is 6.10. The van der Waals surface area contributed by atoms with E-state index in [0.717, 1.165) is 16.8 Å². The van der Waals surface area contributed by atoms with Crippen LogP contribution in [0.1, 0.15) is 21.7 Å². The number of ether oxygens (including phenoxy) is 2. The Morgan fingerprint density at radius 2 is 1.92 bits per heavy atom. The highest BCUT2D eigenvalue weighted by molar-refractivity contribution is 5.98. The van der Waals surface area contributed by atoms with Gasteiger partial charge in [-0.2, -0.15) is 0 Å². The monoisotopic (exact) mass is 355 g/mol. The fraction of sp³-hybridized carbons (Fsp3) is 0.300. The number of nitrogens with zero attached hydrogens (tertiary/aromatic N) is 1. The van der Waals surface area contributed by atoms with Crippen LogP contribution in [-0.4, -0.2) is 30.7 Å². The lowest BCUT2D eigenvalue weighted by molar-refractivity contribution is 0.0920. The number of benzene rings is 1. The molecule has 0 aliphatic rings. The molecule has 0 spiro atoms. The van der Waals surface area contributed by atoms with E-state index in [0.29, 0.717) is 30.0 Å². The van der Waals surface area contributed by atoms with Crippen molar-refractivity contribution in [3.63, 3.8) is 0 Å². The first-order chi connectivity index (χ1) is 12.5. The fourth-order valence-electron chi connectivity index (χ4n) is 2.97. The first kappa shape index (κ1) is 17.9. The van der Waals surface area contributed by atoms with Gasteiger partial charge in [0, 0.05) is 48.1 Å². The lowest BCUT2D eigenvalue weighted by atomic mass is 10.1. The molecule has 0 bridgehead atoms. The van der Waals surface area contributed by atoms with Gasteiger partial charge < -0.3 is 18.5 Å². The summed E-state index contributed by atoms with van der Waals surface area (Å²) in [4.78, 5) is 23.9. The average molecular weight is 355 g/mol. The Labute approximate surface area is 150 Å². The van der Waals surface area contributed by atoms with Gasteiger partial charge in [0.1, 0.15) is 11.3 Å². The van der Waals surface area contributed by atoms with Gasteiger partial charge >= 0.3 is 5.63 Å². The van der Waals surface area contributed by atoms with Crippen LogP contribution in [0.25, 0.3) is 11.0 Å². The van der Waals surface area contributed by atoms with Crippen molar-refractivity contribution in [3.8, 4) is 5.75 Å². The Bertz CT molecular complexity index is 999. The molecular weight excluding hydrogens is 334 g/mol. The molecule has 26 heavy (non-hydrogen) atoms. The van der Waals surface area contributed by atoms with E-state index in [9.17, 15) is 9.59 Å². The highest BCUT2D eigenvalue weighted by atomic mass is 16.5. The molecular formula is C20H21NO5. The van der Waals surface area contributed by atoms with Crippen LogP contribution in [-0.2, 0) is 11.3 Å². The van der Waals surface area contributed by atoms with Crippen molar-refractivity contribution >= 4 is 16.8 Å². The predicted molar refractivity (Wildman–Crippen MR) is 98.1 cm³/mol. The number of hydrogen-bond acceptors (Lipinski definition) is 5. The minimum Gasteiger partial charge on any atom is -0.485 e. The molecule has 0 amide bonds. The summed E-state index contributed by atoms with van der Waals surface area (Å²) in [5.74, 6) is 0.379. The van der Waals surface area contributed by atoms with Gasteiger partial charge in [-0.3, -0.25) is 4.79 Å². The van der Waals surface area contributed by atoms with E-state index in [-0.39, 0.29) is 12.4 Å². The molecule has 136 valence electrons. The first-order valence-electron chi connectivity index (χ1n) is 8.35. The molecule has 0 atom stereocenters. The number of aryl methyl sites for hydroxylation is 1. The van der Waals surface area contributed by atoms with Crippen LogP contribution in [0.5, 0.6) is 5.75 Å². The van der Waals surface area contributed by atoms with E-state index in [1.54, 1.807) is 31.4 Å². The molecule has 0 unspecified atom stereocenters. The zero-order chi connectivity index (χ0) is 18.7. The number of fused-ring (bicyclic) bond motifs is 1. The highest BCUT2D eigenvalue weighted by Gasteiger charge is 2.16. The van der Waals surface area contributed by atoms with Crippen LogP contribution in [0.15, 0.2) is 45.6 Å². The summed E-state index contributed by atoms with van der Waals surface area (Å²) < 4.78 is 17.9. The number of carbonyl (C=O) groups is 1. The molecule has 2 aromatic heterocycles. The fourth-order valence-corrected chi connectivity index (χ4v) is 2.97. The molecule has 0 saturated heterocycles. The number of aromatic nitrogens is 1. The van der Waals surface area contributed by atoms with Crippen molar-refractivity contribution in [2.75, 3.05) is 20.3 Å². The largest absolute Gasteiger partial charge is 0.485 e. The molecule has 2 heterocycles. The summed E-state index contributed by atoms with van der Waals surface area (Å²) in [7, 11) is 1.65. The van der Waals surface area contributed by atoms with E-state index in [4.69, 9.17) is 13.9 Å². The molecule has 3 aromatic rings. The van der Waals surface area contributed by atoms with Gasteiger partial charge in [0.25, 0.3) is 0 Å². The normalized spacial score (nSPS) is 11.0. The summed E-state index contributed by atoms with van der Waals surface area (Å²) >= 11 is 0. The van der Waals surface area contributed by atoms with E-state index >= 15 is 0 Å². The van der Waals surface area contributed by atoms with Crippen molar-refractivity contribution in [1.82, 2.24) is 4.57 Å². The zero-order valence-electron chi connectivity index (χ0n) is 15.1. The first-order valence-corrected chi connectivity index (χ1v) is 8.35. The maximum atomic E-state index is 12.6. The average Bonchev–Trinajstić information content (AvgIpc) is 2.91. The molecule has 3 rings (SSSR count). The van der Waals surface area contributed by atoms with Crippen molar-refractivity contribution in [2.24, 2.45) is 0 Å². The van der Waals surface area contributed by atoms with Crippen molar-refractivity contribution < 1.29 is 18.7 Å². The van der Waals surface area contributed by atoms with Crippen molar-refractivity contribution in [3.05, 3.63) is 63.8 Å². The van der Waals surface area contributed by atoms with Crippen LogP contribution in [0.2, 0.25) is 0 Å². The molecule has 6 nitrogen and oxygen atoms in total. The summed E-state index contributed by atoms with van der Waals surface area (Å²) in [6, 6.07) is 10.1. The van der Waals surface area contributed by atoms with Crippen LogP contribution >= 0.6 is 0 Å². The molecule has 0 saturated carbocycles. The van der Waals surface area contributed by atoms with E-state index in [1.807, 2.05) is 19.9 Å². The summed E-state index contributed by atoms with van der Waals surface area (Å²) in [6.07, 6.45) is 0. The number of methoxy groups -OCH3 is 1. The number of rotatable bonds is 7. The Balaban J connectivity index is 1.74. The molecule has 6 heteroatoms. The zero-order valence-corrected chi connectivity index (χ0v) is 15.1. The highest BCUT2D eigenvalue weighted by Crippen LogP contribution is 2.21. The standard InChI is InChI=1S/C20H21NO5/c1-13-10-17(14(2)21(13)8-9-24-3)18(22)12-25-16-6-4-15-5-7-20(23)26-19(15)11-16/h4-7,10-11H,8-9,12H2,1-3H3. The quantitative estimate of drug-likeness (QED) is 0.481. The maximum Gasteiger partial charge on any atom is 0.336 e. The van der Waals surface area contributed by atoms with Gasteiger partial charge in [0.2, 0.25) is 5.78 Å². The molecule has 1 aromatic carbocycles.